The number of methoxy groups -OCH3 is 1. The second-order valence-electron chi connectivity index (χ2n) is 3.12. The Morgan fingerprint density at radius 1 is 1.35 bits per heavy atom. The van der Waals surface area contributed by atoms with Crippen LogP contribution in [0, 0.1) is 14.0 Å². The predicted molar refractivity (Wildman–Crippen MR) is 64.1 cm³/mol. The van der Waals surface area contributed by atoms with E-state index in [0.29, 0.717) is 12.2 Å². The Morgan fingerprint density at radius 3 is 2.47 bits per heavy atom. The van der Waals surface area contributed by atoms with Crippen molar-refractivity contribution in [2.45, 2.75) is 13.0 Å². The Morgan fingerprint density at radius 2 is 1.94 bits per heavy atom. The van der Waals surface area contributed by atoms with Gasteiger partial charge in [0.05, 0.1) is 13.5 Å². The van der Waals surface area contributed by atoms with Gasteiger partial charge in [0.15, 0.2) is 0 Å². The van der Waals surface area contributed by atoms with Crippen LogP contribution < -0.4 is 5.32 Å². The minimum Gasteiger partial charge on any atom is -0.493 e. The Balaban J connectivity index is 0. The molecule has 17 heavy (non-hydrogen) atoms. The van der Waals surface area contributed by atoms with Crippen LogP contribution in [-0.2, 0) is 37.1 Å². The summed E-state index contributed by atoms with van der Waals surface area (Å²) >= 11 is 0. The van der Waals surface area contributed by atoms with Gasteiger partial charge in [0.25, 0.3) is 0 Å². The molecule has 92 valence electrons. The number of carbonyl (C=O) groups is 1. The molecule has 3 nitrogen and oxygen atoms in total. The van der Waals surface area contributed by atoms with Crippen molar-refractivity contribution in [3.63, 3.8) is 0 Å². The van der Waals surface area contributed by atoms with Crippen molar-refractivity contribution in [1.29, 1.82) is 0 Å². The molecule has 0 unspecified atom stereocenters. The SMILES string of the molecule is [CH-]=C(CC(=O)OC)NCc1ccccc1.[CH3-].[W+2]. The summed E-state index contributed by atoms with van der Waals surface area (Å²) in [6.07, 6.45) is 0.101. The van der Waals surface area contributed by atoms with Gasteiger partial charge in [-0.3, -0.25) is 4.79 Å². The molecule has 0 spiro atoms. The van der Waals surface area contributed by atoms with Crippen molar-refractivity contribution in [2.75, 3.05) is 7.11 Å². The van der Waals surface area contributed by atoms with Gasteiger partial charge in [-0.25, -0.2) is 0 Å². The molecule has 1 aromatic carbocycles. The van der Waals surface area contributed by atoms with Gasteiger partial charge >= 0.3 is 27.0 Å². The Kier molecular flexibility index (Phi) is 10.9. The number of carbonyl (C=O) groups excluding carboxylic acids is 1. The number of rotatable bonds is 5. The molecule has 0 bridgehead atoms. The smallest absolute Gasteiger partial charge is 0.493 e. The third kappa shape index (κ3) is 7.75. The minimum atomic E-state index is -0.340. The van der Waals surface area contributed by atoms with E-state index in [0.717, 1.165) is 5.56 Å². The van der Waals surface area contributed by atoms with E-state index in [-0.39, 0.29) is 40.9 Å². The summed E-state index contributed by atoms with van der Waals surface area (Å²) in [5.74, 6) is -0.340. The van der Waals surface area contributed by atoms with Crippen LogP contribution in [0.5, 0.6) is 0 Å². The van der Waals surface area contributed by atoms with Crippen molar-refractivity contribution < 1.29 is 30.6 Å². The van der Waals surface area contributed by atoms with Crippen molar-refractivity contribution in [2.24, 2.45) is 0 Å². The fraction of sp³-hybridized carbons (Fsp3) is 0.231. The van der Waals surface area contributed by atoms with Gasteiger partial charge in [-0.2, -0.15) is 5.70 Å². The first-order valence-corrected chi connectivity index (χ1v) is 4.68. The van der Waals surface area contributed by atoms with Gasteiger partial charge in [0, 0.05) is 6.54 Å². The summed E-state index contributed by atoms with van der Waals surface area (Å²) in [5.41, 5.74) is 1.54. The molecule has 0 saturated carbocycles. The summed E-state index contributed by atoms with van der Waals surface area (Å²) in [7, 11) is 1.34. The van der Waals surface area contributed by atoms with Crippen LogP contribution in [0.15, 0.2) is 36.0 Å². The number of ether oxygens (including phenoxy) is 1. The Hall–Kier alpha value is -1.08. The second-order valence-corrected chi connectivity index (χ2v) is 3.12. The van der Waals surface area contributed by atoms with Crippen molar-refractivity contribution in [1.82, 2.24) is 5.32 Å². The molecule has 1 rings (SSSR count). The van der Waals surface area contributed by atoms with E-state index in [4.69, 9.17) is 6.58 Å². The van der Waals surface area contributed by atoms with E-state index in [1.54, 1.807) is 0 Å². The van der Waals surface area contributed by atoms with Gasteiger partial charge in [-0.1, -0.05) is 30.3 Å². The zero-order valence-electron chi connectivity index (χ0n) is 10.1. The number of hydrogen-bond donors (Lipinski definition) is 1. The van der Waals surface area contributed by atoms with Crippen LogP contribution in [0.4, 0.5) is 0 Å². The number of esters is 1. The normalized spacial score (nSPS) is 8.29. The molecular weight excluding hydrogens is 386 g/mol. The van der Waals surface area contributed by atoms with Crippen molar-refractivity contribution >= 4 is 5.97 Å². The Labute approximate surface area is 118 Å². The van der Waals surface area contributed by atoms with Crippen LogP contribution in [0.25, 0.3) is 0 Å². The molecule has 1 aromatic rings. The predicted octanol–water partition coefficient (Wildman–Crippen LogP) is 2.10. The zero-order chi connectivity index (χ0) is 11.1. The molecule has 0 saturated heterocycles. The molecule has 0 aliphatic heterocycles. The number of hydrogen-bond acceptors (Lipinski definition) is 3. The van der Waals surface area contributed by atoms with Crippen molar-refractivity contribution in [3.05, 3.63) is 55.6 Å². The second kappa shape index (κ2) is 10.1. The molecule has 0 aromatic heterocycles. The molecule has 4 heteroatoms. The molecule has 0 fully saturated rings. The van der Waals surface area contributed by atoms with E-state index in [1.165, 1.54) is 7.11 Å². The van der Waals surface area contributed by atoms with E-state index in [1.807, 2.05) is 30.3 Å². The van der Waals surface area contributed by atoms with Crippen LogP contribution >= 0.6 is 0 Å². The minimum absolute atomic E-state index is 0. The van der Waals surface area contributed by atoms with Gasteiger partial charge in [-0.15, -0.1) is 0 Å². The standard InChI is InChI=1S/C12H14NO2.CH3.W/c1-10(8-12(14)15-2)13-9-11-6-4-3-5-7-11;;/h1,3-7,13H,8-9H2,2H3;1H3;/q2*-1;+2. The van der Waals surface area contributed by atoms with Gasteiger partial charge in [0.2, 0.25) is 0 Å². The third-order valence-corrected chi connectivity index (χ3v) is 1.92. The number of benzene rings is 1. The maximum Gasteiger partial charge on any atom is 2.00 e. The Bertz CT molecular complexity index is 339. The molecule has 0 amide bonds. The average Bonchev–Trinajstić information content (AvgIpc) is 2.27. The van der Waals surface area contributed by atoms with E-state index >= 15 is 0 Å². The van der Waals surface area contributed by atoms with E-state index < -0.39 is 0 Å². The monoisotopic (exact) mass is 403 g/mol. The summed E-state index contributed by atoms with van der Waals surface area (Å²) in [6, 6.07) is 9.82. The molecule has 0 aliphatic rings. The summed E-state index contributed by atoms with van der Waals surface area (Å²) < 4.78 is 4.49. The first kappa shape index (κ1) is 18.3. The molecule has 1 N–H and O–H groups in total. The maximum absolute atomic E-state index is 10.9. The van der Waals surface area contributed by atoms with Crippen LogP contribution in [0.2, 0.25) is 0 Å². The first-order valence-electron chi connectivity index (χ1n) is 4.68. The fourth-order valence-corrected chi connectivity index (χ4v) is 1.10. The molecular formula is C13H17NO2W. The topological polar surface area (TPSA) is 38.3 Å². The van der Waals surface area contributed by atoms with Crippen molar-refractivity contribution in [3.8, 4) is 0 Å². The van der Waals surface area contributed by atoms with E-state index in [9.17, 15) is 4.79 Å². The first-order chi connectivity index (χ1) is 7.22. The zero-order valence-corrected chi connectivity index (χ0v) is 13.0. The van der Waals surface area contributed by atoms with Crippen LogP contribution in [0.1, 0.15) is 12.0 Å². The molecule has 0 radical (unpaired) electrons. The average molecular weight is 403 g/mol. The molecule has 0 heterocycles. The number of nitrogens with one attached hydrogen (secondary N) is 1. The molecule has 0 atom stereocenters. The van der Waals surface area contributed by atoms with Gasteiger partial charge < -0.3 is 24.1 Å². The van der Waals surface area contributed by atoms with E-state index in [2.05, 4.69) is 10.1 Å². The van der Waals surface area contributed by atoms with Crippen LogP contribution in [-0.4, -0.2) is 13.1 Å². The molecule has 0 aliphatic carbocycles. The summed E-state index contributed by atoms with van der Waals surface area (Å²) in [6.45, 7) is 6.22. The summed E-state index contributed by atoms with van der Waals surface area (Å²) in [4.78, 5) is 10.9. The van der Waals surface area contributed by atoms with Gasteiger partial charge in [0.1, 0.15) is 0 Å². The third-order valence-electron chi connectivity index (χ3n) is 1.92. The van der Waals surface area contributed by atoms with Gasteiger partial charge in [-0.05, 0) is 5.56 Å². The fourth-order valence-electron chi connectivity index (χ4n) is 1.10. The largest absolute Gasteiger partial charge is 2.00 e. The summed E-state index contributed by atoms with van der Waals surface area (Å²) in [5, 5.41) is 2.96. The maximum atomic E-state index is 10.9. The quantitative estimate of drug-likeness (QED) is 0.605. The van der Waals surface area contributed by atoms with Crippen LogP contribution in [0.3, 0.4) is 0 Å².